The molecule has 1 aromatic rings. The Bertz CT molecular complexity index is 396. The van der Waals surface area contributed by atoms with Crippen LogP contribution in [0.4, 0.5) is 4.39 Å². The number of phenols is 1. The lowest BCUT2D eigenvalue weighted by atomic mass is 10.2. The monoisotopic (exact) mass is 255 g/mol. The van der Waals surface area contributed by atoms with Crippen molar-refractivity contribution in [1.29, 1.82) is 0 Å². The Labute approximate surface area is 106 Å². The van der Waals surface area contributed by atoms with E-state index in [1.807, 2.05) is 0 Å². The third-order valence-electron chi connectivity index (χ3n) is 2.40. The minimum Gasteiger partial charge on any atom is -0.508 e. The third kappa shape index (κ3) is 5.14. The van der Waals surface area contributed by atoms with E-state index in [9.17, 15) is 14.3 Å². The smallest absolute Gasteiger partial charge is 0.305 e. The first-order valence-electron chi connectivity index (χ1n) is 5.97. The predicted octanol–water partition coefficient (Wildman–Crippen LogP) is 1.96. The highest BCUT2D eigenvalue weighted by atomic mass is 19.1. The molecule has 0 aromatic heterocycles. The number of esters is 1. The maximum Gasteiger partial charge on any atom is 0.305 e. The first kappa shape index (κ1) is 14.4. The predicted molar refractivity (Wildman–Crippen MR) is 65.6 cm³/mol. The number of carbonyl (C=O) groups excluding carboxylic acids is 1. The quantitative estimate of drug-likeness (QED) is 0.577. The van der Waals surface area contributed by atoms with Crippen molar-refractivity contribution in [1.82, 2.24) is 5.32 Å². The molecule has 0 aliphatic heterocycles. The first-order chi connectivity index (χ1) is 8.63. The Morgan fingerprint density at radius 2 is 2.28 bits per heavy atom. The van der Waals surface area contributed by atoms with Crippen LogP contribution in [0.3, 0.4) is 0 Å². The molecule has 0 unspecified atom stereocenters. The summed E-state index contributed by atoms with van der Waals surface area (Å²) in [5, 5.41) is 12.5. The van der Waals surface area contributed by atoms with Crippen molar-refractivity contribution in [3.8, 4) is 5.75 Å². The number of hydrogen-bond donors (Lipinski definition) is 2. The minimum atomic E-state index is -0.379. The molecule has 2 N–H and O–H groups in total. The second-order valence-corrected chi connectivity index (χ2v) is 3.86. The molecule has 0 aliphatic carbocycles. The summed E-state index contributed by atoms with van der Waals surface area (Å²) >= 11 is 0. The highest BCUT2D eigenvalue weighted by Gasteiger charge is 2.03. The maximum atomic E-state index is 12.9. The van der Waals surface area contributed by atoms with Crippen molar-refractivity contribution in [2.24, 2.45) is 0 Å². The second kappa shape index (κ2) is 7.66. The van der Waals surface area contributed by atoms with Crippen molar-refractivity contribution in [3.05, 3.63) is 29.6 Å². The summed E-state index contributed by atoms with van der Waals surface area (Å²) in [4.78, 5) is 11.0. The number of rotatable bonds is 7. The summed E-state index contributed by atoms with van der Waals surface area (Å²) in [6.45, 7) is 3.13. The Morgan fingerprint density at radius 1 is 1.50 bits per heavy atom. The van der Waals surface area contributed by atoms with E-state index in [0.717, 1.165) is 0 Å². The molecule has 0 fully saturated rings. The molecule has 5 heteroatoms. The largest absolute Gasteiger partial charge is 0.508 e. The standard InChI is InChI=1S/C13H18FNO3/c1-2-18-13(17)4-3-7-15-9-10-8-11(14)5-6-12(10)16/h5-6,8,15-16H,2-4,7,9H2,1H3. The fourth-order valence-electron chi connectivity index (χ4n) is 1.51. The SMILES string of the molecule is CCOC(=O)CCCNCc1cc(F)ccc1O. The lowest BCUT2D eigenvalue weighted by molar-refractivity contribution is -0.143. The summed E-state index contributed by atoms with van der Waals surface area (Å²) in [6, 6.07) is 3.82. The molecule has 0 atom stereocenters. The van der Waals surface area contributed by atoms with E-state index in [2.05, 4.69) is 5.32 Å². The Balaban J connectivity index is 2.21. The van der Waals surface area contributed by atoms with Crippen molar-refractivity contribution < 1.29 is 19.0 Å². The average molecular weight is 255 g/mol. The van der Waals surface area contributed by atoms with Crippen LogP contribution in [0.25, 0.3) is 0 Å². The van der Waals surface area contributed by atoms with Crippen LogP contribution in [0.1, 0.15) is 25.3 Å². The van der Waals surface area contributed by atoms with Gasteiger partial charge >= 0.3 is 5.97 Å². The van der Waals surface area contributed by atoms with E-state index >= 15 is 0 Å². The van der Waals surface area contributed by atoms with Crippen LogP contribution < -0.4 is 5.32 Å². The molecular formula is C13H18FNO3. The molecule has 0 spiro atoms. The van der Waals surface area contributed by atoms with E-state index in [-0.39, 0.29) is 17.5 Å². The van der Waals surface area contributed by atoms with Gasteiger partial charge in [-0.05, 0) is 38.1 Å². The van der Waals surface area contributed by atoms with Gasteiger partial charge in [-0.3, -0.25) is 4.79 Å². The average Bonchev–Trinajstić information content (AvgIpc) is 2.33. The lowest BCUT2D eigenvalue weighted by Gasteiger charge is -2.07. The number of phenolic OH excluding ortho intramolecular Hbond substituents is 1. The fraction of sp³-hybridized carbons (Fsp3) is 0.462. The molecule has 0 aliphatic rings. The molecule has 0 saturated carbocycles. The normalized spacial score (nSPS) is 10.3. The van der Waals surface area contributed by atoms with Crippen molar-refractivity contribution in [3.63, 3.8) is 0 Å². The second-order valence-electron chi connectivity index (χ2n) is 3.86. The van der Waals surface area contributed by atoms with Crippen LogP contribution in [0.15, 0.2) is 18.2 Å². The van der Waals surface area contributed by atoms with Gasteiger partial charge in [-0.15, -0.1) is 0 Å². The fourth-order valence-corrected chi connectivity index (χ4v) is 1.51. The molecule has 18 heavy (non-hydrogen) atoms. The Hall–Kier alpha value is -1.62. The molecule has 1 rings (SSSR count). The van der Waals surface area contributed by atoms with Crippen molar-refractivity contribution >= 4 is 5.97 Å². The van der Waals surface area contributed by atoms with E-state index in [1.165, 1.54) is 18.2 Å². The number of benzene rings is 1. The highest BCUT2D eigenvalue weighted by molar-refractivity contribution is 5.69. The summed E-state index contributed by atoms with van der Waals surface area (Å²) in [5.41, 5.74) is 0.506. The van der Waals surface area contributed by atoms with Crippen LogP contribution in [0.5, 0.6) is 5.75 Å². The van der Waals surface area contributed by atoms with Gasteiger partial charge in [0.15, 0.2) is 0 Å². The Kier molecular flexibility index (Phi) is 6.14. The van der Waals surface area contributed by atoms with Crippen LogP contribution in [0.2, 0.25) is 0 Å². The van der Waals surface area contributed by atoms with E-state index in [4.69, 9.17) is 4.74 Å². The van der Waals surface area contributed by atoms with Gasteiger partial charge in [0.25, 0.3) is 0 Å². The minimum absolute atomic E-state index is 0.0642. The van der Waals surface area contributed by atoms with E-state index < -0.39 is 0 Å². The molecule has 1 aromatic carbocycles. The van der Waals surface area contributed by atoms with Gasteiger partial charge in [0.2, 0.25) is 0 Å². The number of ether oxygens (including phenoxy) is 1. The molecule has 4 nitrogen and oxygen atoms in total. The van der Waals surface area contributed by atoms with Gasteiger partial charge < -0.3 is 15.2 Å². The van der Waals surface area contributed by atoms with Crippen LogP contribution in [-0.4, -0.2) is 24.2 Å². The zero-order valence-corrected chi connectivity index (χ0v) is 10.4. The topological polar surface area (TPSA) is 58.6 Å². The number of nitrogens with one attached hydrogen (secondary N) is 1. The molecule has 0 radical (unpaired) electrons. The first-order valence-corrected chi connectivity index (χ1v) is 5.97. The molecule has 0 saturated heterocycles. The van der Waals surface area contributed by atoms with Crippen LogP contribution >= 0.6 is 0 Å². The summed E-state index contributed by atoms with van der Waals surface area (Å²) < 4.78 is 17.7. The summed E-state index contributed by atoms with van der Waals surface area (Å²) in [7, 11) is 0. The lowest BCUT2D eigenvalue weighted by Crippen LogP contribution is -2.16. The molecule has 0 heterocycles. The van der Waals surface area contributed by atoms with Crippen molar-refractivity contribution in [2.75, 3.05) is 13.2 Å². The Morgan fingerprint density at radius 3 is 3.00 bits per heavy atom. The number of carbonyl (C=O) groups is 1. The highest BCUT2D eigenvalue weighted by Crippen LogP contribution is 2.17. The van der Waals surface area contributed by atoms with Crippen LogP contribution in [-0.2, 0) is 16.1 Å². The molecule has 100 valence electrons. The van der Waals surface area contributed by atoms with E-state index in [0.29, 0.717) is 38.1 Å². The van der Waals surface area contributed by atoms with Gasteiger partial charge in [-0.2, -0.15) is 0 Å². The van der Waals surface area contributed by atoms with Gasteiger partial charge in [-0.25, -0.2) is 4.39 Å². The van der Waals surface area contributed by atoms with Gasteiger partial charge in [-0.1, -0.05) is 0 Å². The van der Waals surface area contributed by atoms with Crippen LogP contribution in [0, 0.1) is 5.82 Å². The summed E-state index contributed by atoms with van der Waals surface area (Å²) in [5.74, 6) is -0.529. The summed E-state index contributed by atoms with van der Waals surface area (Å²) in [6.07, 6.45) is 1.00. The third-order valence-corrected chi connectivity index (χ3v) is 2.40. The number of halogens is 1. The number of aromatic hydroxyl groups is 1. The van der Waals surface area contributed by atoms with Gasteiger partial charge in [0.05, 0.1) is 6.61 Å². The zero-order valence-electron chi connectivity index (χ0n) is 10.4. The molecule has 0 bridgehead atoms. The molecular weight excluding hydrogens is 237 g/mol. The maximum absolute atomic E-state index is 12.9. The number of hydrogen-bond acceptors (Lipinski definition) is 4. The zero-order chi connectivity index (χ0) is 13.4. The van der Waals surface area contributed by atoms with E-state index in [1.54, 1.807) is 6.92 Å². The van der Waals surface area contributed by atoms with Gasteiger partial charge in [0.1, 0.15) is 11.6 Å². The van der Waals surface area contributed by atoms with Gasteiger partial charge in [0, 0.05) is 18.5 Å². The van der Waals surface area contributed by atoms with Crippen molar-refractivity contribution in [2.45, 2.75) is 26.3 Å². The molecule has 0 amide bonds.